The first-order valence-electron chi connectivity index (χ1n) is 8.66. The second-order valence-electron chi connectivity index (χ2n) is 6.65. The van der Waals surface area contributed by atoms with E-state index in [-0.39, 0.29) is 28.2 Å². The number of para-hydroxylation sites is 2. The van der Waals surface area contributed by atoms with E-state index in [0.717, 1.165) is 17.1 Å². The van der Waals surface area contributed by atoms with Gasteiger partial charge in [-0.1, -0.05) is 26.0 Å². The fourth-order valence-electron chi connectivity index (χ4n) is 2.91. The van der Waals surface area contributed by atoms with Crippen LogP contribution in [0.5, 0.6) is 0 Å². The third-order valence-electron chi connectivity index (χ3n) is 4.42. The first kappa shape index (κ1) is 19.8. The van der Waals surface area contributed by atoms with Crippen LogP contribution >= 0.6 is 0 Å². The van der Waals surface area contributed by atoms with E-state index < -0.39 is 14.9 Å². The number of fused-ring (bicyclic) bond motifs is 1. The van der Waals surface area contributed by atoms with Crippen molar-refractivity contribution in [2.45, 2.75) is 24.8 Å². The number of sulfonamides is 1. The van der Waals surface area contributed by atoms with Crippen LogP contribution in [0, 0.1) is 16.0 Å². The second-order valence-corrected chi connectivity index (χ2v) is 8.54. The maximum atomic E-state index is 12.0. The van der Waals surface area contributed by atoms with E-state index in [0.29, 0.717) is 5.82 Å². The number of H-pyrrole nitrogens is 1. The summed E-state index contributed by atoms with van der Waals surface area (Å²) in [6, 6.07) is 11.0. The topological polar surface area (TPSA) is 130 Å². The van der Waals surface area contributed by atoms with E-state index in [9.17, 15) is 18.5 Å². The van der Waals surface area contributed by atoms with Gasteiger partial charge in [-0.2, -0.15) is 0 Å². The molecule has 0 bridgehead atoms. The number of aromatic nitrogens is 2. The molecule has 1 heterocycles. The molecule has 28 heavy (non-hydrogen) atoms. The van der Waals surface area contributed by atoms with Crippen LogP contribution in [0.1, 0.15) is 25.7 Å². The Hall–Kier alpha value is -2.98. The lowest BCUT2D eigenvalue weighted by Crippen LogP contribution is -2.20. The summed E-state index contributed by atoms with van der Waals surface area (Å²) in [7, 11) is -2.53. The number of nitro groups is 1. The molecule has 0 saturated carbocycles. The Bertz CT molecular complexity index is 1090. The highest BCUT2D eigenvalue weighted by molar-refractivity contribution is 7.89. The highest BCUT2D eigenvalue weighted by atomic mass is 32.2. The number of hydrogen-bond donors (Lipinski definition) is 3. The number of aromatic amines is 1. The van der Waals surface area contributed by atoms with Gasteiger partial charge in [0.05, 0.1) is 26.9 Å². The van der Waals surface area contributed by atoms with Gasteiger partial charge in [0.2, 0.25) is 10.0 Å². The molecule has 10 heteroatoms. The minimum atomic E-state index is -3.79. The molecule has 9 nitrogen and oxygen atoms in total. The maximum Gasteiger partial charge on any atom is 0.293 e. The van der Waals surface area contributed by atoms with Gasteiger partial charge in [-0.3, -0.25) is 10.1 Å². The highest BCUT2D eigenvalue weighted by Gasteiger charge is 2.25. The summed E-state index contributed by atoms with van der Waals surface area (Å²) < 4.78 is 26.1. The molecule has 2 aromatic carbocycles. The van der Waals surface area contributed by atoms with Gasteiger partial charge in [0.25, 0.3) is 5.69 Å². The molecule has 0 aliphatic carbocycles. The molecule has 0 saturated heterocycles. The number of nitrogens with one attached hydrogen (secondary N) is 3. The smallest absolute Gasteiger partial charge is 0.293 e. The van der Waals surface area contributed by atoms with E-state index in [1.807, 2.05) is 38.1 Å². The minimum absolute atomic E-state index is 0.0564. The zero-order valence-corrected chi connectivity index (χ0v) is 16.4. The van der Waals surface area contributed by atoms with Crippen LogP contribution in [0.15, 0.2) is 47.4 Å². The summed E-state index contributed by atoms with van der Waals surface area (Å²) >= 11 is 0. The van der Waals surface area contributed by atoms with E-state index in [1.54, 1.807) is 0 Å². The minimum Gasteiger partial charge on any atom is -0.369 e. The van der Waals surface area contributed by atoms with Crippen LogP contribution in [0.2, 0.25) is 0 Å². The van der Waals surface area contributed by atoms with Crippen molar-refractivity contribution < 1.29 is 13.3 Å². The normalized spacial score (nSPS) is 13.0. The third-order valence-corrected chi connectivity index (χ3v) is 5.84. The molecule has 0 unspecified atom stereocenters. The lowest BCUT2D eigenvalue weighted by Gasteiger charge is -2.21. The second kappa shape index (κ2) is 7.56. The molecule has 3 rings (SSSR count). The average Bonchev–Trinajstić information content (AvgIpc) is 3.09. The number of hydrogen-bond acceptors (Lipinski definition) is 6. The fraction of sp³-hybridized carbons (Fsp3) is 0.278. The summed E-state index contributed by atoms with van der Waals surface area (Å²) in [5, 5.41) is 14.7. The van der Waals surface area contributed by atoms with Gasteiger partial charge in [-0.05, 0) is 37.2 Å². The monoisotopic (exact) mass is 403 g/mol. The van der Waals surface area contributed by atoms with Gasteiger partial charge in [-0.15, -0.1) is 0 Å². The molecule has 0 aliphatic heterocycles. The standard InChI is InChI=1S/C18H21N5O4S/c1-11(2)17(18-21-13-6-4-5-7-14(13)22-18)20-15-9-8-12(28(26,27)19-3)10-16(15)23(24)25/h4-11,17,19-20H,1-3H3,(H,21,22)/t17-/m1/s1. The van der Waals surface area contributed by atoms with Crippen molar-refractivity contribution in [2.75, 3.05) is 12.4 Å². The molecule has 3 N–H and O–H groups in total. The number of imidazole rings is 1. The molecular weight excluding hydrogens is 382 g/mol. The van der Waals surface area contributed by atoms with Crippen LogP contribution < -0.4 is 10.0 Å². The van der Waals surface area contributed by atoms with Gasteiger partial charge in [0.15, 0.2) is 0 Å². The third kappa shape index (κ3) is 3.82. The predicted octanol–water partition coefficient (Wildman–Crippen LogP) is 3.19. The first-order chi connectivity index (χ1) is 13.2. The summed E-state index contributed by atoms with van der Waals surface area (Å²) in [5.41, 5.74) is 1.57. The van der Waals surface area contributed by atoms with Crippen molar-refractivity contribution in [3.8, 4) is 0 Å². The zero-order chi connectivity index (χ0) is 20.5. The largest absolute Gasteiger partial charge is 0.369 e. The van der Waals surface area contributed by atoms with Gasteiger partial charge < -0.3 is 10.3 Å². The number of rotatable bonds is 7. The Labute approximate surface area is 162 Å². The lowest BCUT2D eigenvalue weighted by atomic mass is 10.0. The van der Waals surface area contributed by atoms with Crippen molar-refractivity contribution in [1.29, 1.82) is 0 Å². The van der Waals surface area contributed by atoms with E-state index >= 15 is 0 Å². The fourth-order valence-corrected chi connectivity index (χ4v) is 3.66. The molecule has 0 radical (unpaired) electrons. The lowest BCUT2D eigenvalue weighted by molar-refractivity contribution is -0.384. The van der Waals surface area contributed by atoms with Gasteiger partial charge >= 0.3 is 0 Å². The average molecular weight is 403 g/mol. The Balaban J connectivity index is 2.02. The molecule has 1 atom stereocenters. The summed E-state index contributed by atoms with van der Waals surface area (Å²) in [4.78, 5) is 18.6. The number of nitro benzene ring substituents is 1. The Kier molecular flexibility index (Phi) is 5.34. The number of nitrogens with zero attached hydrogens (tertiary/aromatic N) is 2. The van der Waals surface area contributed by atoms with E-state index in [2.05, 4.69) is 20.0 Å². The van der Waals surface area contributed by atoms with Crippen LogP contribution in [0.25, 0.3) is 11.0 Å². The molecule has 0 fully saturated rings. The van der Waals surface area contributed by atoms with E-state index in [4.69, 9.17) is 0 Å². The van der Waals surface area contributed by atoms with Crippen LogP contribution in [0.3, 0.4) is 0 Å². The van der Waals surface area contributed by atoms with Gasteiger partial charge in [0.1, 0.15) is 11.5 Å². The molecule has 3 aromatic rings. The van der Waals surface area contributed by atoms with Crippen LogP contribution in [0.4, 0.5) is 11.4 Å². The molecule has 0 aliphatic rings. The Morgan fingerprint density at radius 2 is 1.89 bits per heavy atom. The molecular formula is C18H21N5O4S. The van der Waals surface area contributed by atoms with Crippen LogP contribution in [-0.2, 0) is 10.0 Å². The SMILES string of the molecule is CNS(=O)(=O)c1ccc(N[C@@H](c2nc3ccccc3[nH]2)C(C)C)c([N+](=O)[O-])c1. The predicted molar refractivity (Wildman–Crippen MR) is 107 cm³/mol. The zero-order valence-electron chi connectivity index (χ0n) is 15.6. The van der Waals surface area contributed by atoms with Crippen LogP contribution in [-0.4, -0.2) is 30.4 Å². The Morgan fingerprint density at radius 3 is 2.50 bits per heavy atom. The van der Waals surface area contributed by atoms with Crippen molar-refractivity contribution in [1.82, 2.24) is 14.7 Å². The summed E-state index contributed by atoms with van der Waals surface area (Å²) in [6.45, 7) is 3.94. The van der Waals surface area contributed by atoms with Gasteiger partial charge in [-0.25, -0.2) is 18.1 Å². The van der Waals surface area contributed by atoms with Crippen molar-refractivity contribution >= 4 is 32.4 Å². The number of benzene rings is 2. The summed E-state index contributed by atoms with van der Waals surface area (Å²) in [5.74, 6) is 0.707. The Morgan fingerprint density at radius 1 is 1.18 bits per heavy atom. The van der Waals surface area contributed by atoms with Crippen molar-refractivity contribution in [2.24, 2.45) is 5.92 Å². The quantitative estimate of drug-likeness (QED) is 0.410. The van der Waals surface area contributed by atoms with E-state index in [1.165, 1.54) is 19.2 Å². The first-order valence-corrected chi connectivity index (χ1v) is 10.1. The van der Waals surface area contributed by atoms with Crippen molar-refractivity contribution in [3.63, 3.8) is 0 Å². The molecule has 0 amide bonds. The molecule has 148 valence electrons. The molecule has 1 aromatic heterocycles. The summed E-state index contributed by atoms with van der Waals surface area (Å²) in [6.07, 6.45) is 0. The number of anilines is 1. The maximum absolute atomic E-state index is 12.0. The highest BCUT2D eigenvalue weighted by Crippen LogP contribution is 2.33. The molecule has 0 spiro atoms. The van der Waals surface area contributed by atoms with Crippen molar-refractivity contribution in [3.05, 3.63) is 58.4 Å². The van der Waals surface area contributed by atoms with Gasteiger partial charge in [0, 0.05) is 6.07 Å².